The van der Waals surface area contributed by atoms with Crippen LogP contribution in [-0.2, 0) is 4.79 Å². The summed E-state index contributed by atoms with van der Waals surface area (Å²) in [6.07, 6.45) is 1.50. The molecule has 2 aromatic rings. The van der Waals surface area contributed by atoms with E-state index in [4.69, 9.17) is 4.74 Å². The van der Waals surface area contributed by atoms with Crippen LogP contribution in [0.5, 0.6) is 5.75 Å². The number of ether oxygens (including phenoxy) is 1. The fraction of sp³-hybridized carbons (Fsp3) is 0.167. The van der Waals surface area contributed by atoms with Crippen LogP contribution in [0.4, 0.5) is 0 Å². The lowest BCUT2D eigenvalue weighted by molar-refractivity contribution is -0.120. The summed E-state index contributed by atoms with van der Waals surface area (Å²) in [4.78, 5) is 23.6. The molecule has 0 aliphatic heterocycles. The summed E-state index contributed by atoms with van der Waals surface area (Å²) in [6.45, 7) is 1.75. The van der Waals surface area contributed by atoms with Crippen LogP contribution in [0.15, 0.2) is 53.6 Å². The molecule has 0 spiro atoms. The van der Waals surface area contributed by atoms with Crippen LogP contribution >= 0.6 is 0 Å². The molecule has 2 aromatic carbocycles. The van der Waals surface area contributed by atoms with E-state index < -0.39 is 5.91 Å². The number of nitrogens with zero attached hydrogens (tertiary/aromatic N) is 1. The third kappa shape index (κ3) is 5.24. The smallest absolute Gasteiger partial charge is 0.259 e. The minimum atomic E-state index is -0.407. The quantitative estimate of drug-likeness (QED) is 0.629. The minimum Gasteiger partial charge on any atom is -0.497 e. The van der Waals surface area contributed by atoms with Crippen molar-refractivity contribution in [3.63, 3.8) is 0 Å². The van der Waals surface area contributed by atoms with Gasteiger partial charge in [0.25, 0.3) is 11.8 Å². The normalized spacial score (nSPS) is 10.4. The van der Waals surface area contributed by atoms with Gasteiger partial charge >= 0.3 is 0 Å². The number of methoxy groups -OCH3 is 1. The molecule has 0 aliphatic carbocycles. The molecule has 0 atom stereocenters. The van der Waals surface area contributed by atoms with E-state index in [2.05, 4.69) is 15.8 Å². The van der Waals surface area contributed by atoms with Crippen LogP contribution in [0.2, 0.25) is 0 Å². The molecular formula is C18H19N3O3. The van der Waals surface area contributed by atoms with Crippen LogP contribution < -0.4 is 15.5 Å². The summed E-state index contributed by atoms with van der Waals surface area (Å²) < 4.78 is 5.10. The Balaban J connectivity index is 1.80. The molecule has 0 saturated heterocycles. The number of hydrogen-bond donors (Lipinski definition) is 2. The van der Waals surface area contributed by atoms with Gasteiger partial charge in [-0.05, 0) is 36.8 Å². The first-order chi connectivity index (χ1) is 11.6. The molecule has 0 aromatic heterocycles. The Kier molecular flexibility index (Phi) is 6.08. The molecule has 124 valence electrons. The molecular weight excluding hydrogens is 306 g/mol. The van der Waals surface area contributed by atoms with Crippen LogP contribution in [-0.4, -0.2) is 31.7 Å². The maximum Gasteiger partial charge on any atom is 0.259 e. The first kappa shape index (κ1) is 17.2. The van der Waals surface area contributed by atoms with Crippen molar-refractivity contribution < 1.29 is 14.3 Å². The number of carbonyl (C=O) groups excluding carboxylic acids is 2. The lowest BCUT2D eigenvalue weighted by Gasteiger charge is -2.05. The van der Waals surface area contributed by atoms with Gasteiger partial charge in [0.1, 0.15) is 5.75 Å². The Hall–Kier alpha value is -3.15. The molecule has 0 bridgehead atoms. The van der Waals surface area contributed by atoms with Gasteiger partial charge in [0.05, 0.1) is 19.9 Å². The fourth-order valence-corrected chi connectivity index (χ4v) is 1.99. The average Bonchev–Trinajstić information content (AvgIpc) is 2.60. The predicted octanol–water partition coefficient (Wildman–Crippen LogP) is 1.88. The number of benzene rings is 2. The van der Waals surface area contributed by atoms with Gasteiger partial charge in [-0.3, -0.25) is 9.59 Å². The van der Waals surface area contributed by atoms with Crippen molar-refractivity contribution in [2.45, 2.75) is 6.92 Å². The van der Waals surface area contributed by atoms with Crippen molar-refractivity contribution in [3.8, 4) is 5.75 Å². The number of amides is 2. The van der Waals surface area contributed by atoms with Gasteiger partial charge in [-0.2, -0.15) is 5.10 Å². The van der Waals surface area contributed by atoms with E-state index in [1.165, 1.54) is 6.21 Å². The molecule has 0 radical (unpaired) electrons. The number of hydrazone groups is 1. The van der Waals surface area contributed by atoms with Gasteiger partial charge in [0.15, 0.2) is 0 Å². The van der Waals surface area contributed by atoms with Crippen molar-refractivity contribution in [2.75, 3.05) is 13.7 Å². The second-order valence-electron chi connectivity index (χ2n) is 5.12. The summed E-state index contributed by atoms with van der Waals surface area (Å²) in [6, 6.07) is 14.4. The molecule has 0 aliphatic rings. The third-order valence-corrected chi connectivity index (χ3v) is 3.19. The highest BCUT2D eigenvalue weighted by Gasteiger charge is 2.07. The van der Waals surface area contributed by atoms with E-state index in [1.54, 1.807) is 31.4 Å². The summed E-state index contributed by atoms with van der Waals surface area (Å²) >= 11 is 0. The highest BCUT2D eigenvalue weighted by atomic mass is 16.5. The maximum atomic E-state index is 11.9. The number of nitrogens with one attached hydrogen (secondary N) is 2. The first-order valence-electron chi connectivity index (χ1n) is 7.39. The molecule has 24 heavy (non-hydrogen) atoms. The Morgan fingerprint density at radius 3 is 2.71 bits per heavy atom. The third-order valence-electron chi connectivity index (χ3n) is 3.19. The lowest BCUT2D eigenvalue weighted by Crippen LogP contribution is -2.34. The van der Waals surface area contributed by atoms with Crippen molar-refractivity contribution in [2.24, 2.45) is 5.10 Å². The van der Waals surface area contributed by atoms with Crippen LogP contribution in [0.1, 0.15) is 21.5 Å². The van der Waals surface area contributed by atoms with Crippen molar-refractivity contribution in [3.05, 3.63) is 65.2 Å². The number of rotatable bonds is 6. The molecule has 6 heteroatoms. The SMILES string of the molecule is COc1cccc(/C=N\NC(=O)CNC(=O)c2cccc(C)c2)c1. The average molecular weight is 325 g/mol. The Morgan fingerprint density at radius 2 is 1.96 bits per heavy atom. The number of hydrogen-bond acceptors (Lipinski definition) is 4. The zero-order valence-electron chi connectivity index (χ0n) is 13.6. The highest BCUT2D eigenvalue weighted by molar-refractivity contribution is 5.96. The lowest BCUT2D eigenvalue weighted by atomic mass is 10.1. The van der Waals surface area contributed by atoms with Crippen molar-refractivity contribution >= 4 is 18.0 Å². The molecule has 0 unspecified atom stereocenters. The molecule has 0 fully saturated rings. The van der Waals surface area contributed by atoms with Crippen LogP contribution in [0.25, 0.3) is 0 Å². The van der Waals surface area contributed by atoms with Crippen molar-refractivity contribution in [1.29, 1.82) is 0 Å². The predicted molar refractivity (Wildman–Crippen MR) is 92.2 cm³/mol. The minimum absolute atomic E-state index is 0.151. The second kappa shape index (κ2) is 8.47. The van der Waals surface area contributed by atoms with E-state index >= 15 is 0 Å². The molecule has 0 saturated carbocycles. The van der Waals surface area contributed by atoms with Gasteiger partial charge < -0.3 is 10.1 Å². The fourth-order valence-electron chi connectivity index (χ4n) is 1.99. The molecule has 2 rings (SSSR count). The Labute approximate surface area is 140 Å². The highest BCUT2D eigenvalue weighted by Crippen LogP contribution is 2.10. The van der Waals surface area contributed by atoms with Crippen molar-refractivity contribution in [1.82, 2.24) is 10.7 Å². The summed E-state index contributed by atoms with van der Waals surface area (Å²) in [5.41, 5.74) is 4.65. The summed E-state index contributed by atoms with van der Waals surface area (Å²) in [5.74, 6) is -0.00327. The summed E-state index contributed by atoms with van der Waals surface area (Å²) in [5, 5.41) is 6.40. The van der Waals surface area contributed by atoms with E-state index in [-0.39, 0.29) is 12.5 Å². The number of aryl methyl sites for hydroxylation is 1. The van der Waals surface area contributed by atoms with E-state index in [1.807, 2.05) is 31.2 Å². The van der Waals surface area contributed by atoms with Crippen LogP contribution in [0.3, 0.4) is 0 Å². The first-order valence-corrected chi connectivity index (χ1v) is 7.39. The zero-order chi connectivity index (χ0) is 17.4. The van der Waals surface area contributed by atoms with Gasteiger partial charge in [-0.25, -0.2) is 5.43 Å². The van der Waals surface area contributed by atoms with Gasteiger partial charge in [0.2, 0.25) is 0 Å². The maximum absolute atomic E-state index is 11.9. The standard InChI is InChI=1S/C18H19N3O3/c1-13-5-3-7-15(9-13)18(23)19-12-17(22)21-20-11-14-6-4-8-16(10-14)24-2/h3-11H,12H2,1-2H3,(H,19,23)(H,21,22)/b20-11-. The molecule has 0 heterocycles. The van der Waals surface area contributed by atoms with E-state index in [9.17, 15) is 9.59 Å². The second-order valence-corrected chi connectivity index (χ2v) is 5.12. The van der Waals surface area contributed by atoms with Gasteiger partial charge in [-0.15, -0.1) is 0 Å². The summed E-state index contributed by atoms with van der Waals surface area (Å²) in [7, 11) is 1.58. The zero-order valence-corrected chi connectivity index (χ0v) is 13.6. The van der Waals surface area contributed by atoms with E-state index in [0.29, 0.717) is 11.3 Å². The molecule has 2 N–H and O–H groups in total. The van der Waals surface area contributed by atoms with Crippen LogP contribution in [0, 0.1) is 6.92 Å². The van der Waals surface area contributed by atoms with Gasteiger partial charge in [-0.1, -0.05) is 29.8 Å². The van der Waals surface area contributed by atoms with Gasteiger partial charge in [0, 0.05) is 5.56 Å². The number of carbonyl (C=O) groups is 2. The van der Waals surface area contributed by atoms with E-state index in [0.717, 1.165) is 11.1 Å². The molecule has 6 nitrogen and oxygen atoms in total. The Morgan fingerprint density at radius 1 is 1.17 bits per heavy atom. The largest absolute Gasteiger partial charge is 0.497 e. The Bertz CT molecular complexity index is 757. The topological polar surface area (TPSA) is 79.8 Å². The monoisotopic (exact) mass is 325 g/mol. The molecule has 2 amide bonds.